The molecule has 1 aromatic heterocycles. The molecule has 214 valence electrons. The smallest absolute Gasteiger partial charge is 0.744 e. The molecule has 0 spiro atoms. The van der Waals surface area contributed by atoms with Crippen LogP contribution in [0.5, 0.6) is 0 Å². The third-order valence-electron chi connectivity index (χ3n) is 5.56. The van der Waals surface area contributed by atoms with Crippen molar-refractivity contribution in [3.63, 3.8) is 0 Å². The Morgan fingerprint density at radius 1 is 0.867 bits per heavy atom. The number of nitrogens with zero attached hydrogens (tertiary/aromatic N) is 3. The number of anilines is 1. The number of allylic oxidation sites excluding steroid dienone is 2. The largest absolute Gasteiger partial charge is 1.00 e. The van der Waals surface area contributed by atoms with E-state index in [1.54, 1.807) is 0 Å². The number of aromatic nitrogens is 2. The second kappa shape index (κ2) is 20.0. The number of hydrogen-bond acceptors (Lipinski definition) is 13. The van der Waals surface area contributed by atoms with Crippen molar-refractivity contribution in [2.24, 2.45) is 5.10 Å². The van der Waals surface area contributed by atoms with Crippen molar-refractivity contribution >= 4 is 49.6 Å². The molecule has 2 heterocycles. The summed E-state index contributed by atoms with van der Waals surface area (Å²) < 4.78 is 67.8. The van der Waals surface area contributed by atoms with Gasteiger partial charge in [-0.25, -0.2) is 21.5 Å². The van der Waals surface area contributed by atoms with Gasteiger partial charge in [-0.15, -0.1) is 0 Å². The fraction of sp³-hybridized carbons (Fsp3) is 0.0435. The van der Waals surface area contributed by atoms with Gasteiger partial charge in [-0.1, -0.05) is 6.08 Å². The molecule has 16 nitrogen and oxygen atoms in total. The Bertz CT molecular complexity index is 1920. The van der Waals surface area contributed by atoms with Crippen LogP contribution in [0.15, 0.2) is 85.9 Å². The number of aliphatic carboxylic acids is 1. The molecule has 45 heavy (non-hydrogen) atoms. The summed E-state index contributed by atoms with van der Waals surface area (Å²) in [6.45, 7) is -0.626. The second-order valence-electron chi connectivity index (χ2n) is 8.10. The molecule has 1 amide bonds. The summed E-state index contributed by atoms with van der Waals surface area (Å²) in [7, 11) is -9.51. The van der Waals surface area contributed by atoms with Crippen molar-refractivity contribution < 1.29 is 256 Å². The standard InChI is InChI=1S/C23H18N4O12S2.4K/c28-21-17(19(12-39-32)24-26(21)13-4-8-15(9-5-13)40(33,34)35)2-1-3-18-20(23(30)31)25-27(22(18)29)14-6-10-16(11-7-14)41(36,37)38;;;;/h1-11,24,32H,12H2,(H,30,31)(H,33,34,35)(H,36,37,38);;;;/q;4*+1/p-4/b2-1+,18-3-;;;;. The molecular weight excluding hydrogens is 745 g/mol. The number of carbonyl (C=O) groups is 2. The molecule has 0 aliphatic carbocycles. The number of rotatable bonds is 9. The summed E-state index contributed by atoms with van der Waals surface area (Å²) in [6.07, 6.45) is 3.24. The van der Waals surface area contributed by atoms with Crippen LogP contribution in [0.1, 0.15) is 11.3 Å². The average molecular weight is 759 g/mol. The number of hydrogen-bond donors (Lipinski definition) is 1. The number of nitrogens with one attached hydrogen (secondary N) is 1. The quantitative estimate of drug-likeness (QED) is 0.0702. The maximum atomic E-state index is 13.0. The summed E-state index contributed by atoms with van der Waals surface area (Å²) in [5, 5.41) is 29.3. The fourth-order valence-corrected chi connectivity index (χ4v) is 4.60. The van der Waals surface area contributed by atoms with Crippen molar-refractivity contribution in [1.29, 1.82) is 0 Å². The van der Waals surface area contributed by atoms with Gasteiger partial charge in [0.25, 0.3) is 11.5 Å². The second-order valence-corrected chi connectivity index (χ2v) is 10.9. The predicted octanol–water partition coefficient (Wildman–Crippen LogP) is -14.1. The molecule has 2 aromatic carbocycles. The summed E-state index contributed by atoms with van der Waals surface area (Å²) >= 11 is 0. The fourth-order valence-electron chi connectivity index (χ4n) is 3.67. The maximum Gasteiger partial charge on any atom is 1.00 e. The van der Waals surface area contributed by atoms with Crippen LogP contribution in [0.4, 0.5) is 5.69 Å². The molecule has 0 atom stereocenters. The number of H-pyrrole nitrogens is 1. The van der Waals surface area contributed by atoms with Gasteiger partial charge in [0.2, 0.25) is 0 Å². The van der Waals surface area contributed by atoms with Crippen molar-refractivity contribution in [3.8, 4) is 5.69 Å². The number of carboxylic acids is 1. The van der Waals surface area contributed by atoms with E-state index >= 15 is 0 Å². The van der Waals surface area contributed by atoms with Gasteiger partial charge >= 0.3 is 206 Å². The molecule has 0 unspecified atom stereocenters. The molecule has 1 aliphatic heterocycles. The van der Waals surface area contributed by atoms with Crippen molar-refractivity contribution in [2.45, 2.75) is 16.4 Å². The Hall–Kier alpha value is 1.83. The minimum absolute atomic E-state index is 0. The Labute approximate surface area is 425 Å². The third-order valence-corrected chi connectivity index (χ3v) is 7.26. The zero-order valence-electron chi connectivity index (χ0n) is 24.1. The number of carboxylic acid groups (broad SMARTS) is 1. The van der Waals surface area contributed by atoms with Gasteiger partial charge in [-0.2, -0.15) is 10.1 Å². The topological polar surface area (TPSA) is 257 Å². The molecule has 22 heteroatoms. The third kappa shape index (κ3) is 11.7. The van der Waals surface area contributed by atoms with Crippen molar-refractivity contribution in [2.75, 3.05) is 5.01 Å². The van der Waals surface area contributed by atoms with E-state index in [-0.39, 0.29) is 228 Å². The van der Waals surface area contributed by atoms with E-state index in [1.807, 2.05) is 0 Å². The van der Waals surface area contributed by atoms with Gasteiger partial charge in [0.1, 0.15) is 25.9 Å². The zero-order valence-corrected chi connectivity index (χ0v) is 38.2. The Morgan fingerprint density at radius 3 is 1.80 bits per heavy atom. The number of aromatic amines is 1. The normalized spacial score (nSPS) is 13.8. The van der Waals surface area contributed by atoms with Crippen LogP contribution in [-0.4, -0.2) is 53.3 Å². The van der Waals surface area contributed by atoms with Crippen LogP contribution in [0.25, 0.3) is 11.8 Å². The van der Waals surface area contributed by atoms with Crippen molar-refractivity contribution in [3.05, 3.63) is 87.9 Å². The number of carbonyl (C=O) groups excluding carboxylic acids is 2. The molecule has 0 radical (unpaired) electrons. The van der Waals surface area contributed by atoms with Gasteiger partial charge in [-0.3, -0.25) is 14.7 Å². The van der Waals surface area contributed by atoms with Gasteiger partial charge < -0.3 is 29.2 Å². The average Bonchev–Trinajstić information content (AvgIpc) is 3.40. The SMILES string of the molecule is O=C([O-])C1=NN(c2ccc(S(=O)(=O)[O-])cc2)C(=O)/C1=C\C=C\c1c(CO[O-])[nH]n(-c2ccc(S(=O)(=O)[O-])cc2)c1=O.[K+].[K+].[K+].[K+]. The molecule has 1 aliphatic rings. The molecular formula is C23H14K4N4O12S2. The number of benzene rings is 2. The van der Waals surface area contributed by atoms with E-state index in [9.17, 15) is 50.7 Å². The number of hydrazone groups is 1. The monoisotopic (exact) mass is 758 g/mol. The molecule has 0 saturated carbocycles. The van der Waals surface area contributed by atoms with Crippen LogP contribution in [-0.2, 0) is 41.3 Å². The molecule has 0 fully saturated rings. The Kier molecular flexibility index (Phi) is 20.8. The van der Waals surface area contributed by atoms with Crippen LogP contribution >= 0.6 is 0 Å². The van der Waals surface area contributed by atoms with Gasteiger partial charge in [0.05, 0.1) is 50.6 Å². The number of amides is 1. The first-order valence-electron chi connectivity index (χ1n) is 11.0. The first-order chi connectivity index (χ1) is 19.2. The van der Waals surface area contributed by atoms with Crippen LogP contribution in [0.2, 0.25) is 0 Å². The van der Waals surface area contributed by atoms with E-state index in [1.165, 1.54) is 0 Å². The molecule has 4 rings (SSSR count). The van der Waals surface area contributed by atoms with E-state index in [0.717, 1.165) is 71.4 Å². The molecule has 0 bridgehead atoms. The summed E-state index contributed by atoms with van der Waals surface area (Å²) in [6, 6.07) is 8.21. The van der Waals surface area contributed by atoms with Crippen LogP contribution < -0.4 is 226 Å². The summed E-state index contributed by atoms with van der Waals surface area (Å²) in [5.74, 6) is -2.79. The minimum Gasteiger partial charge on any atom is -0.744 e. The molecule has 1 N–H and O–H groups in total. The van der Waals surface area contributed by atoms with E-state index in [0.29, 0.717) is 5.01 Å². The first-order valence-corrected chi connectivity index (χ1v) is 13.8. The van der Waals surface area contributed by atoms with E-state index in [2.05, 4.69) is 15.1 Å². The van der Waals surface area contributed by atoms with E-state index < -0.39 is 65.4 Å². The summed E-state index contributed by atoms with van der Waals surface area (Å²) in [5.41, 5.74) is -2.18. The van der Waals surface area contributed by atoms with Crippen molar-refractivity contribution in [1.82, 2.24) is 9.78 Å². The summed E-state index contributed by atoms with van der Waals surface area (Å²) in [4.78, 5) is 40.3. The Balaban J connectivity index is 0.00000484. The maximum absolute atomic E-state index is 13.0. The van der Waals surface area contributed by atoms with Gasteiger partial charge in [-0.05, 0) is 60.7 Å². The van der Waals surface area contributed by atoms with Crippen LogP contribution in [0.3, 0.4) is 0 Å². The van der Waals surface area contributed by atoms with Crippen LogP contribution in [0, 0.1) is 0 Å². The van der Waals surface area contributed by atoms with E-state index in [4.69, 9.17) is 0 Å². The zero-order chi connectivity index (χ0) is 30.1. The minimum atomic E-state index is -4.77. The Morgan fingerprint density at radius 2 is 1.36 bits per heavy atom. The first kappa shape index (κ1) is 46.8. The van der Waals surface area contributed by atoms with Gasteiger partial charge in [0.15, 0.2) is 0 Å². The molecule has 0 saturated heterocycles. The van der Waals surface area contributed by atoms with Gasteiger partial charge in [0, 0.05) is 0 Å². The predicted molar refractivity (Wildman–Crippen MR) is 131 cm³/mol. The molecule has 3 aromatic rings.